The fourth-order valence-electron chi connectivity index (χ4n) is 0.472. The van der Waals surface area contributed by atoms with Crippen LogP contribution in [0.4, 0.5) is 4.79 Å². The molecule has 14 heavy (non-hydrogen) atoms. The Morgan fingerprint density at radius 2 is 2.07 bits per heavy atom. The molecule has 0 unspecified atom stereocenters. The normalized spacial score (nSPS) is 10.0. The first-order valence-corrected chi connectivity index (χ1v) is 3.56. The van der Waals surface area contributed by atoms with E-state index >= 15 is 0 Å². The molecule has 0 atom stereocenters. The van der Waals surface area contributed by atoms with Crippen LogP contribution >= 0.6 is 0 Å². The molecule has 7 heteroatoms. The van der Waals surface area contributed by atoms with Gasteiger partial charge in [-0.2, -0.15) is 5.26 Å². The largest absolute Gasteiger partial charge is 0.398 e. The Hall–Kier alpha value is -2.10. The molecule has 7 nitrogen and oxygen atoms in total. The maximum Gasteiger partial charge on any atom is 0.323 e. The van der Waals surface area contributed by atoms with E-state index in [2.05, 4.69) is 9.99 Å². The van der Waals surface area contributed by atoms with Gasteiger partial charge in [0.2, 0.25) is 5.71 Å². The maximum atomic E-state index is 11.1. The average molecular weight is 198 g/mol. The van der Waals surface area contributed by atoms with E-state index in [0.717, 1.165) is 4.90 Å². The van der Waals surface area contributed by atoms with Gasteiger partial charge in [0.05, 0.1) is 0 Å². The Kier molecular flexibility index (Phi) is 4.70. The van der Waals surface area contributed by atoms with Gasteiger partial charge < -0.3 is 9.74 Å². The molecule has 0 bridgehead atoms. The van der Waals surface area contributed by atoms with Crippen LogP contribution in [-0.4, -0.2) is 43.8 Å². The number of carbonyl (C=O) groups excluding carboxylic acids is 2. The van der Waals surface area contributed by atoms with Crippen molar-refractivity contribution in [2.24, 2.45) is 5.16 Å². The molecule has 3 amide bonds. The van der Waals surface area contributed by atoms with Crippen molar-refractivity contribution in [2.45, 2.75) is 0 Å². The van der Waals surface area contributed by atoms with Gasteiger partial charge in [0.1, 0.15) is 13.2 Å². The van der Waals surface area contributed by atoms with Gasteiger partial charge in [0.25, 0.3) is 5.91 Å². The van der Waals surface area contributed by atoms with Crippen molar-refractivity contribution in [2.75, 3.05) is 21.2 Å². The Morgan fingerprint density at radius 3 is 2.43 bits per heavy atom. The second kappa shape index (κ2) is 5.53. The molecule has 0 aliphatic carbocycles. The van der Waals surface area contributed by atoms with Crippen molar-refractivity contribution in [1.82, 2.24) is 10.2 Å². The van der Waals surface area contributed by atoms with Crippen LogP contribution in [0.5, 0.6) is 0 Å². The maximum absolute atomic E-state index is 11.1. The van der Waals surface area contributed by atoms with Crippen LogP contribution in [0.1, 0.15) is 0 Å². The summed E-state index contributed by atoms with van der Waals surface area (Å²) in [6.07, 6.45) is 0. The molecule has 0 aromatic heterocycles. The lowest BCUT2D eigenvalue weighted by atomic mass is 10.4. The Bertz CT molecular complexity index is 303. The highest BCUT2D eigenvalue weighted by Gasteiger charge is 2.15. The van der Waals surface area contributed by atoms with Gasteiger partial charge in [-0.05, 0) is 0 Å². The average Bonchev–Trinajstić information content (AvgIpc) is 2.13. The number of rotatable bonds is 2. The van der Waals surface area contributed by atoms with Crippen molar-refractivity contribution < 1.29 is 14.4 Å². The number of oxime groups is 1. The SMILES string of the molecule is CON=C(C#N)C(=O)NC(=O)N(C)C. The summed E-state index contributed by atoms with van der Waals surface area (Å²) >= 11 is 0. The molecule has 0 aromatic rings. The third-order valence-electron chi connectivity index (χ3n) is 1.13. The lowest BCUT2D eigenvalue weighted by molar-refractivity contribution is -0.114. The molecule has 0 spiro atoms. The second-order valence-corrected chi connectivity index (χ2v) is 2.39. The minimum atomic E-state index is -0.895. The topological polar surface area (TPSA) is 94.8 Å². The van der Waals surface area contributed by atoms with Gasteiger partial charge in [-0.15, -0.1) is 0 Å². The van der Waals surface area contributed by atoms with Crippen LogP contribution in [0.2, 0.25) is 0 Å². The zero-order chi connectivity index (χ0) is 11.1. The summed E-state index contributed by atoms with van der Waals surface area (Å²) in [6.45, 7) is 0. The molecule has 0 saturated carbocycles. The fourth-order valence-corrected chi connectivity index (χ4v) is 0.472. The summed E-state index contributed by atoms with van der Waals surface area (Å²) in [6, 6.07) is 0.859. The number of urea groups is 1. The number of nitrogens with zero attached hydrogens (tertiary/aromatic N) is 3. The van der Waals surface area contributed by atoms with Gasteiger partial charge in [0.15, 0.2) is 0 Å². The highest BCUT2D eigenvalue weighted by atomic mass is 16.6. The van der Waals surface area contributed by atoms with Gasteiger partial charge >= 0.3 is 6.03 Å². The summed E-state index contributed by atoms with van der Waals surface area (Å²) in [7, 11) is 4.11. The predicted octanol–water partition coefficient (Wildman–Crippen LogP) is -0.690. The number of nitriles is 1. The highest BCUT2D eigenvalue weighted by molar-refractivity contribution is 6.46. The molecule has 0 aromatic carbocycles. The molecule has 0 radical (unpaired) electrons. The number of carbonyl (C=O) groups is 2. The number of nitrogens with one attached hydrogen (secondary N) is 1. The molecule has 0 aliphatic rings. The van der Waals surface area contributed by atoms with E-state index in [1.165, 1.54) is 27.3 Å². The van der Waals surface area contributed by atoms with Crippen molar-refractivity contribution in [3.63, 3.8) is 0 Å². The van der Waals surface area contributed by atoms with Crippen molar-refractivity contribution >= 4 is 17.6 Å². The standard InChI is InChI=1S/C7H10N4O3/c1-11(2)7(13)9-6(12)5(4-8)10-14-3/h1-3H3,(H,9,12,13). The van der Waals surface area contributed by atoms with Gasteiger partial charge in [0, 0.05) is 14.1 Å². The third kappa shape index (κ3) is 3.53. The quantitative estimate of drug-likeness (QED) is 0.469. The van der Waals surface area contributed by atoms with Crippen LogP contribution in [0.3, 0.4) is 0 Å². The smallest absolute Gasteiger partial charge is 0.323 e. The molecule has 76 valence electrons. The van der Waals surface area contributed by atoms with Crippen LogP contribution < -0.4 is 5.32 Å². The number of amides is 3. The third-order valence-corrected chi connectivity index (χ3v) is 1.13. The summed E-state index contributed by atoms with van der Waals surface area (Å²) in [5, 5.41) is 13.5. The van der Waals surface area contributed by atoms with Crippen molar-refractivity contribution in [3.05, 3.63) is 0 Å². The Balaban J connectivity index is 4.43. The van der Waals surface area contributed by atoms with Gasteiger partial charge in [-0.1, -0.05) is 5.16 Å². The van der Waals surface area contributed by atoms with E-state index in [1.54, 1.807) is 0 Å². The van der Waals surface area contributed by atoms with Crippen LogP contribution in [-0.2, 0) is 9.63 Å². The molecule has 0 fully saturated rings. The fraction of sp³-hybridized carbons (Fsp3) is 0.429. The van der Waals surface area contributed by atoms with Crippen LogP contribution in [0.15, 0.2) is 5.16 Å². The van der Waals surface area contributed by atoms with Gasteiger partial charge in [-0.25, -0.2) is 4.79 Å². The van der Waals surface area contributed by atoms with E-state index < -0.39 is 17.6 Å². The predicted molar refractivity (Wildman–Crippen MR) is 47.3 cm³/mol. The van der Waals surface area contributed by atoms with Crippen molar-refractivity contribution in [1.29, 1.82) is 5.26 Å². The molecule has 0 heterocycles. The monoisotopic (exact) mass is 198 g/mol. The zero-order valence-electron chi connectivity index (χ0n) is 8.07. The molecular weight excluding hydrogens is 188 g/mol. The Labute approximate surface area is 80.9 Å². The second-order valence-electron chi connectivity index (χ2n) is 2.39. The first-order valence-electron chi connectivity index (χ1n) is 3.56. The van der Waals surface area contributed by atoms with E-state index in [0.29, 0.717) is 0 Å². The van der Waals surface area contributed by atoms with E-state index in [-0.39, 0.29) is 0 Å². The highest BCUT2D eigenvalue weighted by Crippen LogP contribution is 1.82. The van der Waals surface area contributed by atoms with E-state index in [4.69, 9.17) is 5.26 Å². The first kappa shape index (κ1) is 11.9. The molecule has 0 aliphatic heterocycles. The molecule has 1 N–H and O–H groups in total. The molecule has 0 rings (SSSR count). The molecule has 0 saturated heterocycles. The van der Waals surface area contributed by atoms with Crippen LogP contribution in [0, 0.1) is 11.3 Å². The van der Waals surface area contributed by atoms with E-state index in [1.807, 2.05) is 5.32 Å². The minimum absolute atomic E-state index is 0.511. The lowest BCUT2D eigenvalue weighted by Crippen LogP contribution is -2.41. The summed E-state index contributed by atoms with van der Waals surface area (Å²) in [5.74, 6) is -0.895. The minimum Gasteiger partial charge on any atom is -0.398 e. The summed E-state index contributed by atoms with van der Waals surface area (Å²) in [5.41, 5.74) is -0.511. The summed E-state index contributed by atoms with van der Waals surface area (Å²) < 4.78 is 0. The number of imide groups is 1. The van der Waals surface area contributed by atoms with Crippen LogP contribution in [0.25, 0.3) is 0 Å². The lowest BCUT2D eigenvalue weighted by Gasteiger charge is -2.09. The Morgan fingerprint density at radius 1 is 1.50 bits per heavy atom. The molecular formula is C7H10N4O3. The zero-order valence-corrected chi connectivity index (χ0v) is 8.07. The first-order chi connectivity index (χ1) is 6.52. The number of hydrogen-bond donors (Lipinski definition) is 1. The summed E-state index contributed by atoms with van der Waals surface area (Å²) in [4.78, 5) is 27.4. The number of hydrogen-bond acceptors (Lipinski definition) is 5. The van der Waals surface area contributed by atoms with E-state index in [9.17, 15) is 9.59 Å². The van der Waals surface area contributed by atoms with Gasteiger partial charge in [-0.3, -0.25) is 10.1 Å². The van der Waals surface area contributed by atoms with Crippen molar-refractivity contribution in [3.8, 4) is 6.07 Å².